The van der Waals surface area contributed by atoms with E-state index in [1.54, 1.807) is 23.9 Å². The van der Waals surface area contributed by atoms with E-state index in [1.807, 2.05) is 4.90 Å². The van der Waals surface area contributed by atoms with Gasteiger partial charge in [0.05, 0.1) is 11.7 Å². The van der Waals surface area contributed by atoms with E-state index < -0.39 is 5.91 Å². The van der Waals surface area contributed by atoms with Gasteiger partial charge in [0.25, 0.3) is 5.91 Å². The van der Waals surface area contributed by atoms with Crippen molar-refractivity contribution in [3.63, 3.8) is 0 Å². The molecule has 2 aliphatic rings. The van der Waals surface area contributed by atoms with E-state index in [0.29, 0.717) is 17.8 Å². The van der Waals surface area contributed by atoms with Crippen LogP contribution in [0.15, 0.2) is 12.3 Å². The molecule has 6 heteroatoms. The van der Waals surface area contributed by atoms with Crippen molar-refractivity contribution in [1.82, 2.24) is 9.47 Å². The highest BCUT2D eigenvalue weighted by molar-refractivity contribution is 5.99. The SMILES string of the molecule is Cn1cc(C(N)=O)cc1C(=O)N1CCC[C@@H]1[C@@H]1CCCC[C@H]1O. The van der Waals surface area contributed by atoms with Crippen molar-refractivity contribution in [2.75, 3.05) is 6.54 Å². The zero-order valence-electron chi connectivity index (χ0n) is 13.6. The minimum absolute atomic E-state index is 0.0692. The largest absolute Gasteiger partial charge is 0.393 e. The number of likely N-dealkylation sites (tertiary alicyclic amines) is 1. The molecule has 1 saturated heterocycles. The first kappa shape index (κ1) is 16.1. The van der Waals surface area contributed by atoms with E-state index in [1.165, 1.54) is 0 Å². The number of carbonyl (C=O) groups is 2. The van der Waals surface area contributed by atoms with E-state index in [-0.39, 0.29) is 24.0 Å². The van der Waals surface area contributed by atoms with Gasteiger partial charge in [-0.25, -0.2) is 0 Å². The molecule has 2 fully saturated rings. The maximum absolute atomic E-state index is 12.9. The molecule has 2 heterocycles. The summed E-state index contributed by atoms with van der Waals surface area (Å²) in [7, 11) is 1.75. The van der Waals surface area contributed by atoms with Gasteiger partial charge in [0, 0.05) is 31.7 Å². The van der Waals surface area contributed by atoms with Crippen molar-refractivity contribution in [1.29, 1.82) is 0 Å². The van der Waals surface area contributed by atoms with Gasteiger partial charge in [-0.15, -0.1) is 0 Å². The van der Waals surface area contributed by atoms with Gasteiger partial charge in [-0.2, -0.15) is 0 Å². The molecule has 1 aromatic rings. The third-order valence-corrected chi connectivity index (χ3v) is 5.34. The normalized spacial score (nSPS) is 28.1. The minimum Gasteiger partial charge on any atom is -0.393 e. The Bertz CT molecular complexity index is 610. The predicted molar refractivity (Wildman–Crippen MR) is 86.0 cm³/mol. The smallest absolute Gasteiger partial charge is 0.270 e. The third kappa shape index (κ3) is 3.00. The zero-order valence-corrected chi connectivity index (χ0v) is 13.6. The molecule has 0 aromatic carbocycles. The molecule has 0 radical (unpaired) electrons. The average Bonchev–Trinajstić information content (AvgIpc) is 3.14. The molecular weight excluding hydrogens is 294 g/mol. The van der Waals surface area contributed by atoms with Crippen LogP contribution in [0.5, 0.6) is 0 Å². The summed E-state index contributed by atoms with van der Waals surface area (Å²) in [4.78, 5) is 26.1. The summed E-state index contributed by atoms with van der Waals surface area (Å²) in [5.41, 5.74) is 6.14. The predicted octanol–water partition coefficient (Wildman–Crippen LogP) is 1.28. The third-order valence-electron chi connectivity index (χ3n) is 5.34. The van der Waals surface area contributed by atoms with Crippen molar-refractivity contribution in [3.05, 3.63) is 23.5 Å². The van der Waals surface area contributed by atoms with Gasteiger partial charge in [-0.1, -0.05) is 12.8 Å². The summed E-state index contributed by atoms with van der Waals surface area (Å²) >= 11 is 0. The van der Waals surface area contributed by atoms with Gasteiger partial charge in [-0.05, 0) is 31.7 Å². The number of rotatable bonds is 3. The number of primary amides is 1. The number of amides is 2. The lowest BCUT2D eigenvalue weighted by molar-refractivity contribution is 0.0208. The molecule has 23 heavy (non-hydrogen) atoms. The number of carbonyl (C=O) groups excluding carboxylic acids is 2. The Hall–Kier alpha value is -1.82. The summed E-state index contributed by atoms with van der Waals surface area (Å²) < 4.78 is 1.66. The highest BCUT2D eigenvalue weighted by Gasteiger charge is 2.39. The van der Waals surface area contributed by atoms with Crippen molar-refractivity contribution in [2.24, 2.45) is 18.7 Å². The molecule has 0 spiro atoms. The quantitative estimate of drug-likeness (QED) is 0.879. The fraction of sp³-hybridized carbons (Fsp3) is 0.647. The Morgan fingerprint density at radius 3 is 2.61 bits per heavy atom. The zero-order chi connectivity index (χ0) is 16.6. The number of aliphatic hydroxyl groups is 1. The van der Waals surface area contributed by atoms with E-state index >= 15 is 0 Å². The van der Waals surface area contributed by atoms with Crippen molar-refractivity contribution in [2.45, 2.75) is 50.7 Å². The topological polar surface area (TPSA) is 88.6 Å². The Morgan fingerprint density at radius 2 is 1.96 bits per heavy atom. The number of aliphatic hydroxyl groups excluding tert-OH is 1. The highest BCUT2D eigenvalue weighted by atomic mass is 16.3. The first-order valence-electron chi connectivity index (χ1n) is 8.44. The molecule has 126 valence electrons. The van der Waals surface area contributed by atoms with E-state index in [2.05, 4.69) is 0 Å². The molecule has 1 saturated carbocycles. The molecule has 3 N–H and O–H groups in total. The second kappa shape index (κ2) is 6.35. The molecule has 6 nitrogen and oxygen atoms in total. The van der Waals surface area contributed by atoms with Crippen LogP contribution >= 0.6 is 0 Å². The van der Waals surface area contributed by atoms with Gasteiger partial charge in [0.1, 0.15) is 5.69 Å². The van der Waals surface area contributed by atoms with Gasteiger partial charge in [0.15, 0.2) is 0 Å². The Balaban J connectivity index is 1.82. The number of nitrogens with two attached hydrogens (primary N) is 1. The monoisotopic (exact) mass is 319 g/mol. The van der Waals surface area contributed by atoms with Crippen LogP contribution in [0, 0.1) is 5.92 Å². The number of aryl methyl sites for hydroxylation is 1. The van der Waals surface area contributed by atoms with E-state index in [9.17, 15) is 14.7 Å². The molecule has 3 rings (SSSR count). The van der Waals surface area contributed by atoms with Gasteiger partial charge < -0.3 is 20.3 Å². The number of aromatic nitrogens is 1. The lowest BCUT2D eigenvalue weighted by Gasteiger charge is -2.37. The maximum Gasteiger partial charge on any atom is 0.270 e. The molecule has 0 bridgehead atoms. The molecule has 2 amide bonds. The molecular formula is C17H25N3O3. The Kier molecular flexibility index (Phi) is 4.43. The van der Waals surface area contributed by atoms with E-state index in [0.717, 1.165) is 38.5 Å². The molecule has 0 unspecified atom stereocenters. The summed E-state index contributed by atoms with van der Waals surface area (Å²) in [5, 5.41) is 10.3. The van der Waals surface area contributed by atoms with Gasteiger partial charge in [-0.3, -0.25) is 9.59 Å². The standard InChI is InChI=1S/C17H25N3O3/c1-19-10-11(16(18)22)9-14(19)17(23)20-8-4-6-13(20)12-5-2-3-7-15(12)21/h9-10,12-13,15,21H,2-8H2,1H3,(H2,18,22)/t12-,13+,15+/m0/s1. The second-order valence-electron chi connectivity index (χ2n) is 6.81. The molecule has 1 aliphatic carbocycles. The molecule has 1 aromatic heterocycles. The minimum atomic E-state index is -0.527. The second-order valence-corrected chi connectivity index (χ2v) is 6.81. The van der Waals surface area contributed by atoms with Crippen LogP contribution in [0.1, 0.15) is 59.4 Å². The van der Waals surface area contributed by atoms with Gasteiger partial charge >= 0.3 is 0 Å². The van der Waals surface area contributed by atoms with Crippen molar-refractivity contribution >= 4 is 11.8 Å². The Labute approximate surface area is 136 Å². The van der Waals surface area contributed by atoms with Crippen LogP contribution in [0.2, 0.25) is 0 Å². The highest BCUT2D eigenvalue weighted by Crippen LogP contribution is 2.35. The van der Waals surface area contributed by atoms with Crippen molar-refractivity contribution in [3.8, 4) is 0 Å². The summed E-state index contributed by atoms with van der Waals surface area (Å²) in [5.74, 6) is -0.424. The number of hydrogen-bond donors (Lipinski definition) is 2. The number of hydrogen-bond acceptors (Lipinski definition) is 3. The summed E-state index contributed by atoms with van der Waals surface area (Å²) in [6.45, 7) is 0.712. The summed E-state index contributed by atoms with van der Waals surface area (Å²) in [6, 6.07) is 1.67. The molecule has 3 atom stereocenters. The van der Waals surface area contributed by atoms with Crippen LogP contribution in [-0.2, 0) is 7.05 Å². The van der Waals surface area contributed by atoms with Crippen LogP contribution in [0.4, 0.5) is 0 Å². The van der Waals surface area contributed by atoms with Crippen LogP contribution in [0.3, 0.4) is 0 Å². The Morgan fingerprint density at radius 1 is 1.22 bits per heavy atom. The van der Waals surface area contributed by atoms with Gasteiger partial charge in [0.2, 0.25) is 5.91 Å². The fourth-order valence-electron chi connectivity index (χ4n) is 4.14. The lowest BCUT2D eigenvalue weighted by atomic mass is 9.80. The van der Waals surface area contributed by atoms with Crippen molar-refractivity contribution < 1.29 is 14.7 Å². The molecule has 1 aliphatic heterocycles. The van der Waals surface area contributed by atoms with Crippen LogP contribution < -0.4 is 5.73 Å². The van der Waals surface area contributed by atoms with Crippen LogP contribution in [-0.4, -0.2) is 45.1 Å². The first-order chi connectivity index (χ1) is 11.0. The summed E-state index contributed by atoms with van der Waals surface area (Å²) in [6.07, 6.45) is 7.20. The maximum atomic E-state index is 12.9. The average molecular weight is 319 g/mol. The lowest BCUT2D eigenvalue weighted by Crippen LogP contribution is -2.45. The fourth-order valence-corrected chi connectivity index (χ4v) is 4.14. The number of nitrogens with zero attached hydrogens (tertiary/aromatic N) is 2. The first-order valence-corrected chi connectivity index (χ1v) is 8.44. The van der Waals surface area contributed by atoms with Crippen LogP contribution in [0.25, 0.3) is 0 Å². The van der Waals surface area contributed by atoms with E-state index in [4.69, 9.17) is 5.73 Å².